The molecular formula is C29H24N6O. The van der Waals surface area contributed by atoms with Crippen molar-refractivity contribution < 1.29 is 0 Å². The average Bonchev–Trinajstić information content (AvgIpc) is 3.19. The van der Waals surface area contributed by atoms with E-state index in [1.54, 1.807) is 10.9 Å². The predicted octanol–water partition coefficient (Wildman–Crippen LogP) is 5.46. The molecule has 0 aliphatic rings. The third-order valence-electron chi connectivity index (χ3n) is 6.28. The summed E-state index contributed by atoms with van der Waals surface area (Å²) in [6.45, 7) is 6.56. The summed E-state index contributed by atoms with van der Waals surface area (Å²) in [5.74, 6) is 0. The monoisotopic (exact) mass is 472 g/mol. The fraction of sp³-hybridized carbons (Fsp3) is 0.138. The second-order valence-electron chi connectivity index (χ2n) is 9.77. The molecule has 176 valence electrons. The zero-order valence-corrected chi connectivity index (χ0v) is 20.3. The van der Waals surface area contributed by atoms with Crippen LogP contribution < -0.4 is 5.56 Å². The third kappa shape index (κ3) is 3.65. The van der Waals surface area contributed by atoms with Crippen molar-refractivity contribution in [1.82, 2.24) is 24.2 Å². The molecule has 0 radical (unpaired) electrons. The topological polar surface area (TPSA) is 78.0 Å². The van der Waals surface area contributed by atoms with Gasteiger partial charge in [-0.2, -0.15) is 9.78 Å². The molecule has 0 aliphatic carbocycles. The summed E-state index contributed by atoms with van der Waals surface area (Å²) in [5, 5.41) is 5.10. The first-order chi connectivity index (χ1) is 17.4. The first-order valence-electron chi connectivity index (χ1n) is 11.8. The lowest BCUT2D eigenvalue weighted by Gasteiger charge is -2.18. The van der Waals surface area contributed by atoms with Gasteiger partial charge < -0.3 is 0 Å². The van der Waals surface area contributed by atoms with Crippen molar-refractivity contribution in [1.29, 1.82) is 0 Å². The molecule has 0 unspecified atom stereocenters. The minimum atomic E-state index is -0.218. The van der Waals surface area contributed by atoms with Crippen LogP contribution in [-0.4, -0.2) is 30.4 Å². The summed E-state index contributed by atoms with van der Waals surface area (Å²) in [7, 11) is 0. The van der Waals surface area contributed by atoms with E-state index in [1.807, 2.05) is 66.7 Å². The normalized spacial score (nSPS) is 12.3. The molecule has 3 aromatic carbocycles. The van der Waals surface area contributed by atoms with Gasteiger partial charge in [0.15, 0.2) is 11.3 Å². The van der Waals surface area contributed by atoms with Crippen LogP contribution in [0.1, 0.15) is 31.9 Å². The standard InChI is InChI=1S/C29H24N6O/c1-29(2,3)20-15-13-19(14-16-20)17-31-35-26-24(25-27(35)33-23-12-8-7-11-22(23)32-25)28(36)34(18-30-26)21-9-5-4-6-10-21/h4-18H,1-3H3/b31-17-. The first kappa shape index (κ1) is 21.9. The Hall–Kier alpha value is -4.65. The molecule has 7 nitrogen and oxygen atoms in total. The molecule has 0 fully saturated rings. The SMILES string of the molecule is CC(C)(C)c1ccc(/C=N\n2c3nc4ccccc4nc3c3c(=O)n(-c4ccccc4)cnc32)cc1. The predicted molar refractivity (Wildman–Crippen MR) is 144 cm³/mol. The lowest BCUT2D eigenvalue weighted by Crippen LogP contribution is -2.18. The maximum Gasteiger partial charge on any atom is 0.269 e. The van der Waals surface area contributed by atoms with Gasteiger partial charge in [0, 0.05) is 0 Å². The van der Waals surface area contributed by atoms with Crippen LogP contribution in [0.3, 0.4) is 0 Å². The molecule has 0 saturated carbocycles. The summed E-state index contributed by atoms with van der Waals surface area (Å²) in [5.41, 5.74) is 5.58. The van der Waals surface area contributed by atoms with E-state index in [2.05, 4.69) is 37.9 Å². The average molecular weight is 473 g/mol. The van der Waals surface area contributed by atoms with Crippen LogP contribution in [0.5, 0.6) is 0 Å². The van der Waals surface area contributed by atoms with Gasteiger partial charge in [-0.1, -0.05) is 75.4 Å². The Kier molecular flexibility index (Phi) is 5.00. The minimum absolute atomic E-state index is 0.0712. The molecule has 0 amide bonds. The number of nitrogens with zero attached hydrogens (tertiary/aromatic N) is 6. The quantitative estimate of drug-likeness (QED) is 0.320. The number of fused-ring (bicyclic) bond motifs is 4. The highest BCUT2D eigenvalue weighted by atomic mass is 16.1. The molecule has 0 N–H and O–H groups in total. The van der Waals surface area contributed by atoms with Crippen molar-refractivity contribution >= 4 is 39.4 Å². The van der Waals surface area contributed by atoms with Crippen LogP contribution in [0, 0.1) is 0 Å². The Bertz CT molecular complexity index is 1820. The van der Waals surface area contributed by atoms with Crippen LogP contribution in [0.15, 0.2) is 95.1 Å². The lowest BCUT2D eigenvalue weighted by atomic mass is 9.87. The Morgan fingerprint density at radius 2 is 1.47 bits per heavy atom. The smallest absolute Gasteiger partial charge is 0.268 e. The molecule has 6 rings (SSSR count). The molecule has 6 aromatic rings. The van der Waals surface area contributed by atoms with Crippen molar-refractivity contribution in [2.45, 2.75) is 26.2 Å². The van der Waals surface area contributed by atoms with Crippen LogP contribution in [0.2, 0.25) is 0 Å². The number of benzene rings is 3. The maximum atomic E-state index is 13.7. The third-order valence-corrected chi connectivity index (χ3v) is 6.28. The van der Waals surface area contributed by atoms with Gasteiger partial charge in [0.25, 0.3) is 5.56 Å². The molecule has 0 aliphatic heterocycles. The van der Waals surface area contributed by atoms with Gasteiger partial charge in [-0.15, -0.1) is 0 Å². The van der Waals surface area contributed by atoms with Crippen LogP contribution in [-0.2, 0) is 5.41 Å². The summed E-state index contributed by atoms with van der Waals surface area (Å²) in [6, 6.07) is 25.3. The van der Waals surface area contributed by atoms with Gasteiger partial charge in [0.2, 0.25) is 0 Å². The van der Waals surface area contributed by atoms with E-state index in [-0.39, 0.29) is 11.0 Å². The van der Waals surface area contributed by atoms with Crippen molar-refractivity contribution in [3.63, 3.8) is 0 Å². The van der Waals surface area contributed by atoms with Gasteiger partial charge in [-0.05, 0) is 40.8 Å². The van der Waals surface area contributed by atoms with Gasteiger partial charge in [0.1, 0.15) is 17.2 Å². The van der Waals surface area contributed by atoms with Gasteiger partial charge in [-0.3, -0.25) is 9.36 Å². The molecule has 3 aromatic heterocycles. The number of aromatic nitrogens is 5. The summed E-state index contributed by atoms with van der Waals surface area (Å²) in [4.78, 5) is 27.9. The Morgan fingerprint density at radius 1 is 0.806 bits per heavy atom. The highest BCUT2D eigenvalue weighted by Gasteiger charge is 2.20. The second kappa shape index (κ2) is 8.23. The second-order valence-corrected chi connectivity index (χ2v) is 9.77. The van der Waals surface area contributed by atoms with E-state index in [1.165, 1.54) is 16.5 Å². The van der Waals surface area contributed by atoms with E-state index in [9.17, 15) is 4.79 Å². The number of para-hydroxylation sites is 3. The number of rotatable bonds is 3. The summed E-state index contributed by atoms with van der Waals surface area (Å²) in [6.07, 6.45) is 3.29. The van der Waals surface area contributed by atoms with E-state index < -0.39 is 0 Å². The van der Waals surface area contributed by atoms with Crippen molar-refractivity contribution in [2.24, 2.45) is 5.10 Å². The molecule has 0 atom stereocenters. The van der Waals surface area contributed by atoms with Crippen LogP contribution in [0.4, 0.5) is 0 Å². The first-order valence-corrected chi connectivity index (χ1v) is 11.8. The Morgan fingerprint density at radius 3 is 2.17 bits per heavy atom. The molecular weight excluding hydrogens is 448 g/mol. The van der Waals surface area contributed by atoms with Gasteiger partial charge in [-0.25, -0.2) is 15.0 Å². The summed E-state index contributed by atoms with van der Waals surface area (Å²) >= 11 is 0. The zero-order chi connectivity index (χ0) is 24.9. The molecule has 0 spiro atoms. The fourth-order valence-electron chi connectivity index (χ4n) is 4.30. The van der Waals surface area contributed by atoms with E-state index in [0.717, 1.165) is 16.8 Å². The fourth-order valence-corrected chi connectivity index (χ4v) is 4.30. The lowest BCUT2D eigenvalue weighted by molar-refractivity contribution is 0.590. The van der Waals surface area contributed by atoms with Crippen molar-refractivity contribution in [3.05, 3.63) is 107 Å². The largest absolute Gasteiger partial charge is 0.269 e. The summed E-state index contributed by atoms with van der Waals surface area (Å²) < 4.78 is 3.14. The van der Waals surface area contributed by atoms with Crippen molar-refractivity contribution in [2.75, 3.05) is 0 Å². The molecule has 0 saturated heterocycles. The van der Waals surface area contributed by atoms with E-state index in [4.69, 9.17) is 15.1 Å². The zero-order valence-electron chi connectivity index (χ0n) is 20.3. The van der Waals surface area contributed by atoms with E-state index >= 15 is 0 Å². The number of hydrogen-bond acceptors (Lipinski definition) is 5. The van der Waals surface area contributed by atoms with E-state index in [0.29, 0.717) is 27.7 Å². The van der Waals surface area contributed by atoms with Gasteiger partial charge >= 0.3 is 0 Å². The minimum Gasteiger partial charge on any atom is -0.268 e. The highest BCUT2D eigenvalue weighted by molar-refractivity contribution is 6.05. The molecule has 3 heterocycles. The Labute approximate surface area is 207 Å². The van der Waals surface area contributed by atoms with Crippen LogP contribution in [0.25, 0.3) is 38.9 Å². The van der Waals surface area contributed by atoms with Crippen molar-refractivity contribution in [3.8, 4) is 5.69 Å². The van der Waals surface area contributed by atoms with Crippen LogP contribution >= 0.6 is 0 Å². The van der Waals surface area contributed by atoms with Gasteiger partial charge in [0.05, 0.1) is 22.9 Å². The number of hydrogen-bond donors (Lipinski definition) is 0. The molecule has 36 heavy (non-hydrogen) atoms. The maximum absolute atomic E-state index is 13.7. The molecule has 0 bridgehead atoms. The Balaban J connectivity index is 1.59. The molecule has 7 heteroatoms. The highest BCUT2D eigenvalue weighted by Crippen LogP contribution is 2.26.